The number of sulfone groups is 1. The van der Waals surface area contributed by atoms with E-state index in [0.29, 0.717) is 24.0 Å². The normalized spacial score (nSPS) is 33.5. The lowest BCUT2D eigenvalue weighted by molar-refractivity contribution is 0.150. The first kappa shape index (κ1) is 12.5. The maximum Gasteiger partial charge on any atom is 0.179 e. The summed E-state index contributed by atoms with van der Waals surface area (Å²) in [6, 6.07) is 7.28. The second-order valence-electron chi connectivity index (χ2n) is 5.17. The number of alkyl halides is 1. The summed E-state index contributed by atoms with van der Waals surface area (Å²) in [6.07, 6.45) is 0.838. The molecule has 0 radical (unpaired) electrons. The molecule has 0 aromatic heterocycles. The van der Waals surface area contributed by atoms with Gasteiger partial charge in [-0.05, 0) is 18.1 Å². The fraction of sp³-hybridized carbons (Fsp3) is 0.538. The van der Waals surface area contributed by atoms with Gasteiger partial charge in [0.2, 0.25) is 0 Å². The quantitative estimate of drug-likeness (QED) is 0.783. The average Bonchev–Trinajstić information content (AvgIpc) is 2.94. The van der Waals surface area contributed by atoms with Crippen LogP contribution in [-0.4, -0.2) is 33.3 Å². The van der Waals surface area contributed by atoms with Crippen molar-refractivity contribution in [1.29, 1.82) is 0 Å². The molecule has 2 aliphatic heterocycles. The average molecular weight is 287 g/mol. The smallest absolute Gasteiger partial charge is 0.179 e. The zero-order valence-corrected chi connectivity index (χ0v) is 11.5. The van der Waals surface area contributed by atoms with Gasteiger partial charge < -0.3 is 4.74 Å². The van der Waals surface area contributed by atoms with Crippen molar-refractivity contribution < 1.29 is 13.2 Å². The van der Waals surface area contributed by atoms with Crippen molar-refractivity contribution in [3.63, 3.8) is 0 Å². The van der Waals surface area contributed by atoms with Crippen LogP contribution in [0.15, 0.2) is 29.2 Å². The molecule has 2 aliphatic rings. The standard InChI is InChI=1S/C13H15ClO3S/c14-8-13(5-6-17-9-13)11-7-18(15,16)12-4-2-1-3-10(11)12/h1-4,11H,5-9H2. The number of hydrogen-bond acceptors (Lipinski definition) is 3. The van der Waals surface area contributed by atoms with Gasteiger partial charge in [0.05, 0.1) is 17.3 Å². The lowest BCUT2D eigenvalue weighted by Gasteiger charge is -2.31. The maximum atomic E-state index is 12.2. The van der Waals surface area contributed by atoms with E-state index >= 15 is 0 Å². The van der Waals surface area contributed by atoms with Gasteiger partial charge in [0.15, 0.2) is 9.84 Å². The van der Waals surface area contributed by atoms with Crippen molar-refractivity contribution in [2.75, 3.05) is 24.8 Å². The molecule has 0 amide bonds. The summed E-state index contributed by atoms with van der Waals surface area (Å²) in [5.74, 6) is 0.586. The van der Waals surface area contributed by atoms with Gasteiger partial charge in [0.1, 0.15) is 0 Å². The van der Waals surface area contributed by atoms with Crippen LogP contribution in [-0.2, 0) is 14.6 Å². The van der Waals surface area contributed by atoms with Gasteiger partial charge in [0, 0.05) is 23.8 Å². The molecule has 1 fully saturated rings. The predicted molar refractivity (Wildman–Crippen MR) is 69.8 cm³/mol. The highest BCUT2D eigenvalue weighted by Crippen LogP contribution is 2.50. The van der Waals surface area contributed by atoms with E-state index in [2.05, 4.69) is 0 Å². The van der Waals surface area contributed by atoms with Crippen LogP contribution in [0.5, 0.6) is 0 Å². The Hall–Kier alpha value is -0.580. The van der Waals surface area contributed by atoms with E-state index in [1.807, 2.05) is 12.1 Å². The third-order valence-corrected chi connectivity index (χ3v) is 6.50. The summed E-state index contributed by atoms with van der Waals surface area (Å²) in [7, 11) is -3.15. The number of benzene rings is 1. The monoisotopic (exact) mass is 286 g/mol. The van der Waals surface area contributed by atoms with Gasteiger partial charge in [0.25, 0.3) is 0 Å². The number of hydrogen-bond donors (Lipinski definition) is 0. The molecule has 0 spiro atoms. The number of halogens is 1. The first-order chi connectivity index (χ1) is 8.59. The van der Waals surface area contributed by atoms with Crippen molar-refractivity contribution in [2.45, 2.75) is 17.2 Å². The zero-order chi connectivity index (χ0) is 12.8. The Morgan fingerprint density at radius 2 is 2.17 bits per heavy atom. The topological polar surface area (TPSA) is 43.4 Å². The molecule has 5 heteroatoms. The highest BCUT2D eigenvalue weighted by Gasteiger charge is 2.49. The van der Waals surface area contributed by atoms with Gasteiger partial charge in [-0.25, -0.2) is 8.42 Å². The minimum Gasteiger partial charge on any atom is -0.381 e. The molecule has 98 valence electrons. The summed E-state index contributed by atoms with van der Waals surface area (Å²) in [6.45, 7) is 1.23. The molecular formula is C13H15ClO3S. The minimum atomic E-state index is -3.15. The van der Waals surface area contributed by atoms with Crippen molar-refractivity contribution in [2.24, 2.45) is 5.41 Å². The third kappa shape index (κ3) is 1.70. The minimum absolute atomic E-state index is 0.0290. The van der Waals surface area contributed by atoms with Crippen LogP contribution in [0, 0.1) is 5.41 Å². The molecule has 3 nitrogen and oxygen atoms in total. The highest BCUT2D eigenvalue weighted by molar-refractivity contribution is 7.91. The molecule has 0 bridgehead atoms. The van der Waals surface area contributed by atoms with Crippen molar-refractivity contribution >= 4 is 21.4 Å². The van der Waals surface area contributed by atoms with Crippen LogP contribution in [0.25, 0.3) is 0 Å². The molecule has 0 saturated carbocycles. The Bertz CT molecular complexity index is 561. The van der Waals surface area contributed by atoms with Gasteiger partial charge in [-0.2, -0.15) is 0 Å². The molecule has 1 aromatic carbocycles. The second kappa shape index (κ2) is 4.22. The van der Waals surface area contributed by atoms with Crippen LogP contribution in [0.1, 0.15) is 17.9 Å². The predicted octanol–water partition coefficient (Wildman–Crippen LogP) is 2.20. The van der Waals surface area contributed by atoms with E-state index in [4.69, 9.17) is 16.3 Å². The Morgan fingerprint density at radius 3 is 2.83 bits per heavy atom. The Kier molecular flexibility index (Phi) is 2.92. The molecular weight excluding hydrogens is 272 g/mol. The maximum absolute atomic E-state index is 12.2. The lowest BCUT2D eigenvalue weighted by Crippen LogP contribution is -2.32. The first-order valence-corrected chi connectivity index (χ1v) is 8.23. The van der Waals surface area contributed by atoms with Gasteiger partial charge in [-0.1, -0.05) is 18.2 Å². The van der Waals surface area contributed by atoms with E-state index in [1.165, 1.54) is 0 Å². The van der Waals surface area contributed by atoms with E-state index in [9.17, 15) is 8.42 Å². The molecule has 3 rings (SSSR count). The Morgan fingerprint density at radius 1 is 1.39 bits per heavy atom. The fourth-order valence-electron chi connectivity index (χ4n) is 3.05. The zero-order valence-electron chi connectivity index (χ0n) is 9.93. The van der Waals surface area contributed by atoms with Gasteiger partial charge >= 0.3 is 0 Å². The molecule has 1 aromatic rings. The van der Waals surface area contributed by atoms with Crippen LogP contribution < -0.4 is 0 Å². The largest absolute Gasteiger partial charge is 0.381 e. The summed E-state index contributed by atoms with van der Waals surface area (Å²) in [5.41, 5.74) is 0.699. The summed E-state index contributed by atoms with van der Waals surface area (Å²) < 4.78 is 29.9. The van der Waals surface area contributed by atoms with Crippen LogP contribution >= 0.6 is 11.6 Å². The van der Waals surface area contributed by atoms with Crippen molar-refractivity contribution in [3.05, 3.63) is 29.8 Å². The highest BCUT2D eigenvalue weighted by atomic mass is 35.5. The van der Waals surface area contributed by atoms with E-state index in [0.717, 1.165) is 12.0 Å². The molecule has 18 heavy (non-hydrogen) atoms. The number of fused-ring (bicyclic) bond motifs is 1. The SMILES string of the molecule is O=S1(=O)CC(C2(CCl)CCOC2)c2ccccc21. The summed E-state index contributed by atoms with van der Waals surface area (Å²) in [5, 5.41) is 0. The fourth-order valence-corrected chi connectivity index (χ4v) is 5.46. The van der Waals surface area contributed by atoms with Gasteiger partial charge in [-0.15, -0.1) is 11.6 Å². The van der Waals surface area contributed by atoms with E-state index in [-0.39, 0.29) is 17.1 Å². The van der Waals surface area contributed by atoms with Crippen molar-refractivity contribution in [3.8, 4) is 0 Å². The van der Waals surface area contributed by atoms with Gasteiger partial charge in [-0.3, -0.25) is 0 Å². The van der Waals surface area contributed by atoms with Crippen LogP contribution in [0.3, 0.4) is 0 Å². The second-order valence-corrected chi connectivity index (χ2v) is 7.44. The Labute approximate surface area is 112 Å². The molecule has 2 unspecified atom stereocenters. The lowest BCUT2D eigenvalue weighted by atomic mass is 9.74. The van der Waals surface area contributed by atoms with Crippen molar-refractivity contribution in [1.82, 2.24) is 0 Å². The van der Waals surface area contributed by atoms with Crippen LogP contribution in [0.2, 0.25) is 0 Å². The first-order valence-electron chi connectivity index (χ1n) is 6.04. The van der Waals surface area contributed by atoms with E-state index < -0.39 is 9.84 Å². The molecule has 0 aliphatic carbocycles. The van der Waals surface area contributed by atoms with Crippen LogP contribution in [0.4, 0.5) is 0 Å². The molecule has 2 heterocycles. The summed E-state index contributed by atoms with van der Waals surface area (Å²) in [4.78, 5) is 0.478. The molecule has 1 saturated heterocycles. The number of ether oxygens (including phenoxy) is 1. The van der Waals surface area contributed by atoms with E-state index in [1.54, 1.807) is 12.1 Å². The molecule has 0 N–H and O–H groups in total. The summed E-state index contributed by atoms with van der Waals surface area (Å²) >= 11 is 6.13. The Balaban J connectivity index is 2.11. The molecule has 2 atom stereocenters. The third-order valence-electron chi connectivity index (χ3n) is 4.15. The number of rotatable bonds is 2.